The quantitative estimate of drug-likeness (QED) is 0.532. The number of piperidine rings is 1. The number of nitriles is 1. The minimum absolute atomic E-state index is 0.0675. The van der Waals surface area contributed by atoms with Gasteiger partial charge in [0.25, 0.3) is 0 Å². The Labute approximate surface area is 181 Å². The lowest BCUT2D eigenvalue weighted by atomic mass is 9.69. The van der Waals surface area contributed by atoms with E-state index >= 15 is 0 Å². The first-order valence-electron chi connectivity index (χ1n) is 11.0. The van der Waals surface area contributed by atoms with Crippen LogP contribution in [0.5, 0.6) is 0 Å². The van der Waals surface area contributed by atoms with Crippen molar-refractivity contribution in [2.75, 3.05) is 11.4 Å². The molecule has 0 radical (unpaired) electrons. The van der Waals surface area contributed by atoms with Gasteiger partial charge in [0, 0.05) is 18.5 Å². The Balaban J connectivity index is 1.57. The molecular weight excluding hydrogens is 384 g/mol. The average molecular weight is 409 g/mol. The van der Waals surface area contributed by atoms with Crippen LogP contribution in [0.1, 0.15) is 36.3 Å². The summed E-state index contributed by atoms with van der Waals surface area (Å²) in [4.78, 5) is 10.8. The highest BCUT2D eigenvalue weighted by atomic mass is 15.4. The van der Waals surface area contributed by atoms with Crippen molar-refractivity contribution in [3.8, 4) is 11.8 Å². The summed E-state index contributed by atoms with van der Waals surface area (Å²) in [7, 11) is 0. The molecule has 4 heterocycles. The van der Waals surface area contributed by atoms with Crippen molar-refractivity contribution in [3.63, 3.8) is 0 Å². The van der Waals surface area contributed by atoms with Crippen LogP contribution >= 0.6 is 0 Å². The molecule has 31 heavy (non-hydrogen) atoms. The van der Waals surface area contributed by atoms with Crippen LogP contribution in [0.2, 0.25) is 0 Å². The number of aromatic amines is 1. The number of hydrogen-bond acceptors (Lipinski definition) is 4. The first-order chi connectivity index (χ1) is 15.2. The second-order valence-corrected chi connectivity index (χ2v) is 8.70. The van der Waals surface area contributed by atoms with E-state index in [0.717, 1.165) is 65.4 Å². The summed E-state index contributed by atoms with van der Waals surface area (Å²) in [6.07, 6.45) is 3.84. The number of fused-ring (bicyclic) bond motifs is 4. The van der Waals surface area contributed by atoms with Gasteiger partial charge in [0.2, 0.25) is 0 Å². The molecule has 1 saturated heterocycles. The topological polar surface area (TPSA) is 73.5 Å². The van der Waals surface area contributed by atoms with E-state index in [-0.39, 0.29) is 6.04 Å². The highest BCUT2D eigenvalue weighted by Gasteiger charge is 2.53. The van der Waals surface area contributed by atoms with Gasteiger partial charge in [-0.15, -0.1) is 0 Å². The molecule has 6 heteroatoms. The van der Waals surface area contributed by atoms with Crippen molar-refractivity contribution >= 4 is 16.9 Å². The van der Waals surface area contributed by atoms with Crippen LogP contribution in [0.15, 0.2) is 54.6 Å². The standard InChI is InChI=1S/C25H24N6/c1-17-19-15-25(16-26,24-27-20-11-5-6-12-21(20)28-24)22-13-7-8-14-30(22)23(19)31(29-17)18-9-3-2-4-10-18/h2-6,9-12,22H,7-8,13-15H2,1H3,(H,27,28)/t22-,25-/m1/s1. The summed E-state index contributed by atoms with van der Waals surface area (Å²) in [5, 5.41) is 15.6. The smallest absolute Gasteiger partial charge is 0.139 e. The van der Waals surface area contributed by atoms with E-state index < -0.39 is 5.41 Å². The number of anilines is 1. The average Bonchev–Trinajstić information content (AvgIpc) is 3.40. The second-order valence-electron chi connectivity index (χ2n) is 8.70. The second kappa shape index (κ2) is 6.71. The van der Waals surface area contributed by atoms with Crippen molar-refractivity contribution in [2.45, 2.75) is 44.1 Å². The van der Waals surface area contributed by atoms with Crippen molar-refractivity contribution < 1.29 is 0 Å². The lowest BCUT2D eigenvalue weighted by Crippen LogP contribution is -2.57. The number of benzene rings is 2. The van der Waals surface area contributed by atoms with Crippen molar-refractivity contribution in [1.29, 1.82) is 5.26 Å². The molecule has 0 saturated carbocycles. The molecular formula is C25H24N6. The van der Waals surface area contributed by atoms with E-state index in [0.29, 0.717) is 6.42 Å². The van der Waals surface area contributed by atoms with E-state index in [9.17, 15) is 5.26 Å². The summed E-state index contributed by atoms with van der Waals surface area (Å²) in [5.74, 6) is 1.93. The van der Waals surface area contributed by atoms with Crippen LogP contribution in [0, 0.1) is 18.3 Å². The van der Waals surface area contributed by atoms with Crippen LogP contribution in [0.25, 0.3) is 16.7 Å². The van der Waals surface area contributed by atoms with Crippen LogP contribution < -0.4 is 4.90 Å². The largest absolute Gasteiger partial charge is 0.351 e. The van der Waals surface area contributed by atoms with E-state index in [4.69, 9.17) is 10.1 Å². The first-order valence-corrected chi connectivity index (χ1v) is 11.0. The number of aryl methyl sites for hydroxylation is 1. The van der Waals surface area contributed by atoms with E-state index in [1.165, 1.54) is 0 Å². The molecule has 0 bridgehead atoms. The van der Waals surface area contributed by atoms with Crippen molar-refractivity contribution in [1.82, 2.24) is 19.7 Å². The number of aromatic nitrogens is 4. The number of H-pyrrole nitrogens is 1. The van der Waals surface area contributed by atoms with Gasteiger partial charge in [-0.25, -0.2) is 9.67 Å². The molecule has 0 spiro atoms. The molecule has 1 N–H and O–H groups in total. The minimum Gasteiger partial charge on any atom is -0.351 e. The molecule has 4 aromatic rings. The fourth-order valence-corrected chi connectivity index (χ4v) is 5.47. The Morgan fingerprint density at radius 3 is 2.71 bits per heavy atom. The Morgan fingerprint density at radius 2 is 1.90 bits per heavy atom. The summed E-state index contributed by atoms with van der Waals surface area (Å²) in [6, 6.07) is 21.1. The van der Waals surface area contributed by atoms with Gasteiger partial charge in [-0.2, -0.15) is 10.4 Å². The third kappa shape index (κ3) is 2.56. The summed E-state index contributed by atoms with van der Waals surface area (Å²) >= 11 is 0. The Kier molecular flexibility index (Phi) is 3.94. The first kappa shape index (κ1) is 18.2. The molecule has 2 atom stereocenters. The van der Waals surface area contributed by atoms with Crippen LogP contribution in [-0.2, 0) is 11.8 Å². The zero-order valence-electron chi connectivity index (χ0n) is 17.5. The van der Waals surface area contributed by atoms with Gasteiger partial charge in [-0.05, 0) is 50.5 Å². The maximum atomic E-state index is 10.6. The fourth-order valence-electron chi connectivity index (χ4n) is 5.47. The minimum atomic E-state index is -0.720. The molecule has 2 aliphatic rings. The number of para-hydroxylation sites is 3. The number of rotatable bonds is 2. The predicted octanol–water partition coefficient (Wildman–Crippen LogP) is 4.43. The molecule has 0 amide bonds. The molecule has 6 rings (SSSR count). The fraction of sp³-hybridized carbons (Fsp3) is 0.320. The maximum Gasteiger partial charge on any atom is 0.139 e. The van der Waals surface area contributed by atoms with Crippen LogP contribution in [-0.4, -0.2) is 32.3 Å². The summed E-state index contributed by atoms with van der Waals surface area (Å²) in [5.41, 5.74) is 4.38. The molecule has 2 aliphatic heterocycles. The van der Waals surface area contributed by atoms with Crippen molar-refractivity contribution in [2.24, 2.45) is 0 Å². The normalized spacial score (nSPS) is 22.7. The van der Waals surface area contributed by atoms with Crippen molar-refractivity contribution in [3.05, 3.63) is 71.7 Å². The van der Waals surface area contributed by atoms with Gasteiger partial charge in [-0.1, -0.05) is 30.3 Å². The predicted molar refractivity (Wildman–Crippen MR) is 120 cm³/mol. The monoisotopic (exact) mass is 408 g/mol. The number of imidazole rings is 1. The third-order valence-corrected chi connectivity index (χ3v) is 6.97. The maximum absolute atomic E-state index is 10.6. The summed E-state index contributed by atoms with van der Waals surface area (Å²) in [6.45, 7) is 2.99. The Morgan fingerprint density at radius 1 is 1.10 bits per heavy atom. The highest BCUT2D eigenvalue weighted by Crippen LogP contribution is 2.47. The zero-order valence-corrected chi connectivity index (χ0v) is 17.5. The Hall–Kier alpha value is -3.59. The van der Waals surface area contributed by atoms with Crippen LogP contribution in [0.4, 0.5) is 5.82 Å². The molecule has 2 aromatic heterocycles. The molecule has 154 valence electrons. The van der Waals surface area contributed by atoms with Gasteiger partial charge in [0.1, 0.15) is 17.1 Å². The molecule has 6 nitrogen and oxygen atoms in total. The molecule has 1 fully saturated rings. The van der Waals surface area contributed by atoms with Gasteiger partial charge >= 0.3 is 0 Å². The Bertz CT molecular complexity index is 1280. The highest BCUT2D eigenvalue weighted by molar-refractivity contribution is 5.75. The van der Waals surface area contributed by atoms with E-state index in [1.54, 1.807) is 0 Å². The van der Waals surface area contributed by atoms with Gasteiger partial charge < -0.3 is 9.88 Å². The van der Waals surface area contributed by atoms with Gasteiger partial charge in [0.15, 0.2) is 0 Å². The number of hydrogen-bond donors (Lipinski definition) is 1. The molecule has 0 unspecified atom stereocenters. The zero-order chi connectivity index (χ0) is 21.0. The lowest BCUT2D eigenvalue weighted by molar-refractivity contribution is 0.311. The van der Waals surface area contributed by atoms with E-state index in [2.05, 4.69) is 39.7 Å². The van der Waals surface area contributed by atoms with Crippen LogP contribution in [0.3, 0.4) is 0 Å². The van der Waals surface area contributed by atoms with Gasteiger partial charge in [0.05, 0.1) is 34.5 Å². The number of nitrogens with zero attached hydrogens (tertiary/aromatic N) is 5. The third-order valence-electron chi connectivity index (χ3n) is 6.97. The SMILES string of the molecule is Cc1nn(-c2ccccc2)c2c1C[C@](C#N)(c1nc3ccccc3[nH]1)[C@H]1CCCCN21. The number of nitrogens with one attached hydrogen (secondary N) is 1. The summed E-state index contributed by atoms with van der Waals surface area (Å²) < 4.78 is 2.07. The molecule has 0 aliphatic carbocycles. The van der Waals surface area contributed by atoms with E-state index in [1.807, 2.05) is 42.5 Å². The molecule has 2 aromatic carbocycles. The lowest BCUT2D eigenvalue weighted by Gasteiger charge is -2.48. The van der Waals surface area contributed by atoms with Gasteiger partial charge in [-0.3, -0.25) is 0 Å².